The number of rotatable bonds is 8. The quantitative estimate of drug-likeness (QED) is 0.260. The minimum atomic E-state index is -0.253. The summed E-state index contributed by atoms with van der Waals surface area (Å²) in [6.07, 6.45) is 5.80. The van der Waals surface area contributed by atoms with Gasteiger partial charge in [0.15, 0.2) is 0 Å². The summed E-state index contributed by atoms with van der Waals surface area (Å²) in [5.74, 6) is 0.861. The van der Waals surface area contributed by atoms with Crippen LogP contribution in [-0.4, -0.2) is 63.9 Å². The lowest BCUT2D eigenvalue weighted by molar-refractivity contribution is -0.908. The van der Waals surface area contributed by atoms with Gasteiger partial charge in [0.1, 0.15) is 34.6 Å². The molecule has 36 heavy (non-hydrogen) atoms. The van der Waals surface area contributed by atoms with Crippen LogP contribution in [0.2, 0.25) is 0 Å². The highest BCUT2D eigenvalue weighted by atomic mass is 32.2. The Hall–Kier alpha value is -2.99. The van der Waals surface area contributed by atoms with E-state index in [-0.39, 0.29) is 18.0 Å². The molecule has 5 rings (SSSR count). The maximum Gasteiger partial charge on any atom is 0.267 e. The van der Waals surface area contributed by atoms with Gasteiger partial charge in [0.2, 0.25) is 0 Å². The van der Waals surface area contributed by atoms with Gasteiger partial charge in [-0.15, -0.1) is 0 Å². The fraction of sp³-hybridized carbons (Fsp3) is 0.360. The second kappa shape index (κ2) is 11.0. The van der Waals surface area contributed by atoms with E-state index in [0.29, 0.717) is 38.6 Å². The highest BCUT2D eigenvalue weighted by Crippen LogP contribution is 2.34. The molecular weight excluding hydrogens is 498 g/mol. The Morgan fingerprint density at radius 2 is 2.08 bits per heavy atom. The number of morpholine rings is 1. The number of nitrogens with one attached hydrogen (secondary N) is 2. The van der Waals surface area contributed by atoms with Crippen LogP contribution in [0.4, 0.5) is 5.82 Å². The number of quaternary nitrogens is 1. The van der Waals surface area contributed by atoms with Crippen molar-refractivity contribution in [1.29, 1.82) is 0 Å². The summed E-state index contributed by atoms with van der Waals surface area (Å²) in [5.41, 5.74) is 1.59. The van der Waals surface area contributed by atoms with E-state index in [9.17, 15) is 9.59 Å². The van der Waals surface area contributed by atoms with Crippen molar-refractivity contribution in [2.45, 2.75) is 19.9 Å². The number of carbonyl (C=O) groups is 1. The number of anilines is 1. The Bertz CT molecular complexity index is 1360. The molecule has 0 saturated carbocycles. The molecule has 0 unspecified atom stereocenters. The molecule has 0 spiro atoms. The van der Waals surface area contributed by atoms with Crippen molar-refractivity contribution < 1.29 is 18.8 Å². The first-order valence-electron chi connectivity index (χ1n) is 12.0. The Kier molecular flexibility index (Phi) is 7.51. The zero-order chi connectivity index (χ0) is 25.1. The normalized spacial score (nSPS) is 18.0. The molecule has 5 heterocycles. The summed E-state index contributed by atoms with van der Waals surface area (Å²) >= 11 is 6.63. The SMILES string of the molecule is Cc1cccn2c(=O)c(C=C3SC(=S)N(Cc4ccco4)C3=O)c(NCCC[NH+]3CCOCC3)nc12. The van der Waals surface area contributed by atoms with Gasteiger partial charge in [-0.1, -0.05) is 30.0 Å². The minimum absolute atomic E-state index is 0.235. The van der Waals surface area contributed by atoms with Gasteiger partial charge in [-0.05, 0) is 36.8 Å². The first-order chi connectivity index (χ1) is 17.5. The number of carbonyl (C=O) groups excluding carboxylic acids is 1. The Morgan fingerprint density at radius 1 is 1.25 bits per heavy atom. The van der Waals surface area contributed by atoms with Gasteiger partial charge in [0.05, 0.1) is 43.0 Å². The van der Waals surface area contributed by atoms with E-state index in [2.05, 4.69) is 5.32 Å². The highest BCUT2D eigenvalue weighted by Gasteiger charge is 2.33. The smallest absolute Gasteiger partial charge is 0.267 e. The van der Waals surface area contributed by atoms with E-state index in [1.807, 2.05) is 19.1 Å². The van der Waals surface area contributed by atoms with Crippen molar-refractivity contribution in [2.75, 3.05) is 44.7 Å². The zero-order valence-corrected chi connectivity index (χ0v) is 21.6. The summed E-state index contributed by atoms with van der Waals surface area (Å²) in [4.78, 5) is 34.9. The molecule has 2 aliphatic heterocycles. The number of thioether (sulfide) groups is 1. The lowest BCUT2D eigenvalue weighted by Crippen LogP contribution is -3.14. The van der Waals surface area contributed by atoms with Crippen LogP contribution >= 0.6 is 24.0 Å². The predicted molar refractivity (Wildman–Crippen MR) is 143 cm³/mol. The number of amides is 1. The maximum atomic E-state index is 13.5. The number of pyridine rings is 1. The summed E-state index contributed by atoms with van der Waals surface area (Å²) in [5, 5.41) is 3.37. The lowest BCUT2D eigenvalue weighted by atomic mass is 10.2. The average Bonchev–Trinajstić information content (AvgIpc) is 3.49. The highest BCUT2D eigenvalue weighted by molar-refractivity contribution is 8.26. The van der Waals surface area contributed by atoms with Crippen molar-refractivity contribution in [3.63, 3.8) is 0 Å². The number of hydrogen-bond acceptors (Lipinski definition) is 8. The van der Waals surface area contributed by atoms with Gasteiger partial charge in [-0.2, -0.15) is 0 Å². The van der Waals surface area contributed by atoms with Crippen molar-refractivity contribution in [1.82, 2.24) is 14.3 Å². The zero-order valence-electron chi connectivity index (χ0n) is 20.0. The van der Waals surface area contributed by atoms with Crippen LogP contribution in [0.5, 0.6) is 0 Å². The van der Waals surface area contributed by atoms with Gasteiger partial charge in [0, 0.05) is 19.2 Å². The molecule has 2 aliphatic rings. The third-order valence-electron chi connectivity index (χ3n) is 6.33. The molecule has 0 aliphatic carbocycles. The molecule has 188 valence electrons. The second-order valence-electron chi connectivity index (χ2n) is 8.80. The van der Waals surface area contributed by atoms with E-state index in [0.717, 1.165) is 44.8 Å². The van der Waals surface area contributed by atoms with E-state index < -0.39 is 0 Å². The monoisotopic (exact) mass is 526 g/mol. The number of hydrogen-bond donors (Lipinski definition) is 2. The van der Waals surface area contributed by atoms with Crippen molar-refractivity contribution in [3.8, 4) is 0 Å². The van der Waals surface area contributed by atoms with Gasteiger partial charge in [0.25, 0.3) is 11.5 Å². The van der Waals surface area contributed by atoms with E-state index in [1.54, 1.807) is 30.7 Å². The number of aromatic nitrogens is 2. The topological polar surface area (TPSA) is 93.5 Å². The fourth-order valence-corrected chi connectivity index (χ4v) is 5.59. The number of thiocarbonyl (C=S) groups is 1. The summed E-state index contributed by atoms with van der Waals surface area (Å²) in [6.45, 7) is 7.48. The molecule has 0 radical (unpaired) electrons. The number of fused-ring (bicyclic) bond motifs is 1. The lowest BCUT2D eigenvalue weighted by Gasteiger charge is -2.23. The van der Waals surface area contributed by atoms with Crippen LogP contribution < -0.4 is 15.8 Å². The summed E-state index contributed by atoms with van der Waals surface area (Å²) in [6, 6.07) is 7.30. The van der Waals surface area contributed by atoms with Crippen LogP contribution in [0.1, 0.15) is 23.3 Å². The third kappa shape index (κ3) is 5.24. The van der Waals surface area contributed by atoms with Gasteiger partial charge in [-0.25, -0.2) is 4.98 Å². The molecule has 9 nitrogen and oxygen atoms in total. The Labute approximate surface area is 218 Å². The first-order valence-corrected chi connectivity index (χ1v) is 13.2. The molecule has 0 aromatic carbocycles. The van der Waals surface area contributed by atoms with Crippen LogP contribution in [-0.2, 0) is 16.1 Å². The Morgan fingerprint density at radius 3 is 2.86 bits per heavy atom. The van der Waals surface area contributed by atoms with Crippen molar-refractivity contribution in [2.24, 2.45) is 0 Å². The van der Waals surface area contributed by atoms with Crippen LogP contribution in [0.15, 0.2) is 50.8 Å². The molecule has 1 amide bonds. The van der Waals surface area contributed by atoms with Crippen LogP contribution in [0.25, 0.3) is 11.7 Å². The number of aryl methyl sites for hydroxylation is 1. The molecule has 3 aromatic rings. The number of furan rings is 1. The molecular formula is C25H28N5O4S2+. The van der Waals surface area contributed by atoms with Crippen LogP contribution in [0, 0.1) is 6.92 Å². The molecule has 2 N–H and O–H groups in total. The van der Waals surface area contributed by atoms with Gasteiger partial charge >= 0.3 is 0 Å². The molecule has 0 bridgehead atoms. The maximum absolute atomic E-state index is 13.5. The third-order valence-corrected chi connectivity index (χ3v) is 7.70. The number of nitrogens with zero attached hydrogens (tertiary/aromatic N) is 3. The van der Waals surface area contributed by atoms with Crippen molar-refractivity contribution >= 4 is 51.7 Å². The Balaban J connectivity index is 1.42. The van der Waals surface area contributed by atoms with E-state index in [4.69, 9.17) is 26.4 Å². The largest absolute Gasteiger partial charge is 0.467 e. The van der Waals surface area contributed by atoms with Gasteiger partial charge in [-0.3, -0.25) is 18.9 Å². The van der Waals surface area contributed by atoms with Crippen molar-refractivity contribution in [3.05, 3.63) is 68.9 Å². The second-order valence-corrected chi connectivity index (χ2v) is 10.5. The van der Waals surface area contributed by atoms with E-state index >= 15 is 0 Å². The molecule has 3 aromatic heterocycles. The van der Waals surface area contributed by atoms with E-state index in [1.165, 1.54) is 26.0 Å². The average molecular weight is 527 g/mol. The first kappa shape index (κ1) is 24.7. The summed E-state index contributed by atoms with van der Waals surface area (Å²) in [7, 11) is 0. The fourth-order valence-electron chi connectivity index (χ4n) is 4.36. The predicted octanol–water partition coefficient (Wildman–Crippen LogP) is 1.71. The molecule has 11 heteroatoms. The number of ether oxygens (including phenoxy) is 1. The molecule has 0 atom stereocenters. The minimum Gasteiger partial charge on any atom is -0.467 e. The molecule has 2 saturated heterocycles. The molecule has 2 fully saturated rings. The standard InChI is InChI=1S/C25H27N5O4S2/c1-17-5-2-9-29-22(17)27-21(26-7-4-8-28-10-13-33-14-11-28)19(23(29)31)15-20-24(32)30(25(35)36-20)16-18-6-3-12-34-18/h2-3,5-6,9,12,15,26H,4,7-8,10-11,13-14,16H2,1H3/p+1. The van der Waals surface area contributed by atoms with Gasteiger partial charge < -0.3 is 19.4 Å². The summed E-state index contributed by atoms with van der Waals surface area (Å²) < 4.78 is 12.8. The van der Waals surface area contributed by atoms with Crippen LogP contribution in [0.3, 0.4) is 0 Å².